The lowest BCUT2D eigenvalue weighted by Crippen LogP contribution is -2.36. The van der Waals surface area contributed by atoms with E-state index in [1.807, 2.05) is 17.9 Å². The van der Waals surface area contributed by atoms with Gasteiger partial charge in [0, 0.05) is 23.4 Å². The molecule has 0 bridgehead atoms. The molecule has 0 unspecified atom stereocenters. The van der Waals surface area contributed by atoms with Crippen LogP contribution in [0.2, 0.25) is 0 Å². The SMILES string of the molecule is Cc1ccc(-c2cc(-c3cnc4c(n3)C(C)(C)CCC4(C)C)n(C)n2)cc1. The predicted molar refractivity (Wildman–Crippen MR) is 110 cm³/mol. The fourth-order valence-corrected chi connectivity index (χ4v) is 3.91. The van der Waals surface area contributed by atoms with E-state index in [4.69, 9.17) is 15.1 Å². The van der Waals surface area contributed by atoms with Gasteiger partial charge in [-0.05, 0) is 25.8 Å². The topological polar surface area (TPSA) is 43.6 Å². The van der Waals surface area contributed by atoms with Gasteiger partial charge in [-0.15, -0.1) is 0 Å². The van der Waals surface area contributed by atoms with Crippen LogP contribution in [0.5, 0.6) is 0 Å². The molecule has 0 atom stereocenters. The zero-order chi connectivity index (χ0) is 19.4. The minimum atomic E-state index is 0.0479. The molecule has 3 aromatic rings. The van der Waals surface area contributed by atoms with Gasteiger partial charge in [0.2, 0.25) is 0 Å². The Balaban J connectivity index is 1.80. The average Bonchev–Trinajstić information content (AvgIpc) is 3.01. The van der Waals surface area contributed by atoms with Crippen LogP contribution in [-0.4, -0.2) is 19.7 Å². The highest BCUT2D eigenvalue weighted by Gasteiger charge is 2.39. The van der Waals surface area contributed by atoms with E-state index in [1.165, 1.54) is 5.56 Å². The van der Waals surface area contributed by atoms with Crippen LogP contribution in [0.1, 0.15) is 57.5 Å². The molecule has 1 aliphatic rings. The Labute approximate surface area is 161 Å². The number of benzene rings is 1. The van der Waals surface area contributed by atoms with Gasteiger partial charge in [0.1, 0.15) is 5.69 Å². The van der Waals surface area contributed by atoms with Gasteiger partial charge in [-0.2, -0.15) is 5.10 Å². The zero-order valence-electron chi connectivity index (χ0n) is 17.2. The normalized spacial score (nSPS) is 17.6. The smallest absolute Gasteiger partial charge is 0.107 e. The molecule has 140 valence electrons. The fourth-order valence-electron chi connectivity index (χ4n) is 3.91. The predicted octanol–water partition coefficient (Wildman–Crippen LogP) is 5.20. The van der Waals surface area contributed by atoms with Crippen LogP contribution in [0.15, 0.2) is 36.5 Å². The van der Waals surface area contributed by atoms with Gasteiger partial charge in [-0.1, -0.05) is 57.5 Å². The second kappa shape index (κ2) is 6.01. The summed E-state index contributed by atoms with van der Waals surface area (Å²) in [6.45, 7) is 11.2. The van der Waals surface area contributed by atoms with Crippen molar-refractivity contribution in [1.29, 1.82) is 0 Å². The molecular formula is C23H28N4. The van der Waals surface area contributed by atoms with Crippen LogP contribution in [-0.2, 0) is 17.9 Å². The Morgan fingerprint density at radius 2 is 1.52 bits per heavy atom. The number of aromatic nitrogens is 4. The van der Waals surface area contributed by atoms with E-state index in [-0.39, 0.29) is 10.8 Å². The van der Waals surface area contributed by atoms with Crippen LogP contribution in [0.4, 0.5) is 0 Å². The summed E-state index contributed by atoms with van der Waals surface area (Å²) in [6.07, 6.45) is 4.19. The molecule has 4 heteroatoms. The molecule has 2 aromatic heterocycles. The third-order valence-electron chi connectivity index (χ3n) is 5.92. The van der Waals surface area contributed by atoms with E-state index in [1.54, 1.807) is 0 Å². The average molecular weight is 361 g/mol. The fraction of sp³-hybridized carbons (Fsp3) is 0.435. The van der Waals surface area contributed by atoms with Gasteiger partial charge >= 0.3 is 0 Å². The highest BCUT2D eigenvalue weighted by atomic mass is 15.3. The first-order valence-corrected chi connectivity index (χ1v) is 9.67. The Morgan fingerprint density at radius 3 is 2.19 bits per heavy atom. The maximum atomic E-state index is 5.09. The molecule has 0 fully saturated rings. The van der Waals surface area contributed by atoms with Crippen molar-refractivity contribution in [1.82, 2.24) is 19.7 Å². The second-order valence-electron chi connectivity index (χ2n) is 9.12. The molecule has 4 rings (SSSR count). The van der Waals surface area contributed by atoms with Crippen LogP contribution in [0.25, 0.3) is 22.6 Å². The highest BCUT2D eigenvalue weighted by Crippen LogP contribution is 2.44. The largest absolute Gasteiger partial charge is 0.266 e. The number of fused-ring (bicyclic) bond motifs is 1. The minimum absolute atomic E-state index is 0.0479. The van der Waals surface area contributed by atoms with E-state index in [9.17, 15) is 0 Å². The van der Waals surface area contributed by atoms with Crippen LogP contribution < -0.4 is 0 Å². The summed E-state index contributed by atoms with van der Waals surface area (Å²) in [4.78, 5) is 9.97. The minimum Gasteiger partial charge on any atom is -0.266 e. The molecule has 1 aromatic carbocycles. The number of aryl methyl sites for hydroxylation is 2. The molecule has 0 N–H and O–H groups in total. The van der Waals surface area contributed by atoms with E-state index >= 15 is 0 Å². The Kier molecular flexibility index (Phi) is 3.99. The maximum Gasteiger partial charge on any atom is 0.107 e. The molecule has 27 heavy (non-hydrogen) atoms. The first kappa shape index (κ1) is 17.9. The summed E-state index contributed by atoms with van der Waals surface area (Å²) >= 11 is 0. The number of rotatable bonds is 2. The molecule has 0 aliphatic heterocycles. The standard InChI is InChI=1S/C23H28N4/c1-15-7-9-16(10-8-15)17-13-19(27(6)26-17)18-14-24-20-21(25-18)23(4,5)12-11-22(20,2)3/h7-10,13-14H,11-12H2,1-6H3. The van der Waals surface area contributed by atoms with Gasteiger partial charge in [0.25, 0.3) is 0 Å². The van der Waals surface area contributed by atoms with Crippen molar-refractivity contribution >= 4 is 0 Å². The van der Waals surface area contributed by atoms with Crippen molar-refractivity contribution in [3.05, 3.63) is 53.5 Å². The zero-order valence-corrected chi connectivity index (χ0v) is 17.2. The van der Waals surface area contributed by atoms with Gasteiger partial charge < -0.3 is 0 Å². The second-order valence-corrected chi connectivity index (χ2v) is 9.12. The van der Waals surface area contributed by atoms with Gasteiger partial charge in [-0.3, -0.25) is 9.67 Å². The quantitative estimate of drug-likeness (QED) is 0.631. The van der Waals surface area contributed by atoms with Gasteiger partial charge in [0.05, 0.1) is 29.0 Å². The van der Waals surface area contributed by atoms with E-state index in [0.29, 0.717) is 0 Å². The summed E-state index contributed by atoms with van der Waals surface area (Å²) in [5.74, 6) is 0. The molecule has 0 amide bonds. The summed E-state index contributed by atoms with van der Waals surface area (Å²) in [5.41, 5.74) is 7.63. The van der Waals surface area contributed by atoms with Crippen LogP contribution >= 0.6 is 0 Å². The van der Waals surface area contributed by atoms with Crippen molar-refractivity contribution < 1.29 is 0 Å². The Bertz CT molecular complexity index is 994. The summed E-state index contributed by atoms with van der Waals surface area (Å²) in [5, 5.41) is 4.71. The van der Waals surface area contributed by atoms with E-state index in [2.05, 4.69) is 65.0 Å². The first-order chi connectivity index (χ1) is 12.7. The van der Waals surface area contributed by atoms with Gasteiger partial charge in [-0.25, -0.2) is 4.98 Å². The van der Waals surface area contributed by atoms with Crippen molar-refractivity contribution in [2.45, 2.75) is 58.3 Å². The van der Waals surface area contributed by atoms with Crippen molar-refractivity contribution in [2.75, 3.05) is 0 Å². The van der Waals surface area contributed by atoms with Crippen molar-refractivity contribution in [2.24, 2.45) is 7.05 Å². The summed E-state index contributed by atoms with van der Waals surface area (Å²) in [7, 11) is 1.98. The van der Waals surface area contributed by atoms with Crippen LogP contribution in [0.3, 0.4) is 0 Å². The lowest BCUT2D eigenvalue weighted by Gasteiger charge is -2.39. The highest BCUT2D eigenvalue weighted by molar-refractivity contribution is 5.67. The molecular weight excluding hydrogens is 332 g/mol. The molecule has 0 saturated carbocycles. The number of nitrogens with zero attached hydrogens (tertiary/aromatic N) is 4. The maximum absolute atomic E-state index is 5.09. The van der Waals surface area contributed by atoms with Gasteiger partial charge in [0.15, 0.2) is 0 Å². The Morgan fingerprint density at radius 1 is 0.889 bits per heavy atom. The van der Waals surface area contributed by atoms with E-state index < -0.39 is 0 Å². The summed E-state index contributed by atoms with van der Waals surface area (Å²) in [6, 6.07) is 10.6. The number of hydrogen-bond donors (Lipinski definition) is 0. The third-order valence-corrected chi connectivity index (χ3v) is 5.92. The first-order valence-electron chi connectivity index (χ1n) is 9.67. The van der Waals surface area contributed by atoms with E-state index in [0.717, 1.165) is 46.9 Å². The third kappa shape index (κ3) is 3.07. The Hall–Kier alpha value is -2.49. The number of hydrogen-bond acceptors (Lipinski definition) is 3. The molecule has 2 heterocycles. The molecule has 1 aliphatic carbocycles. The molecule has 0 saturated heterocycles. The summed E-state index contributed by atoms with van der Waals surface area (Å²) < 4.78 is 1.91. The molecule has 0 radical (unpaired) electrons. The monoisotopic (exact) mass is 360 g/mol. The van der Waals surface area contributed by atoms with Crippen LogP contribution in [0, 0.1) is 6.92 Å². The lowest BCUT2D eigenvalue weighted by molar-refractivity contribution is 0.314. The molecule has 0 spiro atoms. The molecule has 4 nitrogen and oxygen atoms in total. The van der Waals surface area contributed by atoms with Crippen molar-refractivity contribution in [3.63, 3.8) is 0 Å². The lowest BCUT2D eigenvalue weighted by atomic mass is 9.67. The van der Waals surface area contributed by atoms with Crippen molar-refractivity contribution in [3.8, 4) is 22.6 Å².